The van der Waals surface area contributed by atoms with E-state index in [4.69, 9.17) is 18.9 Å². The van der Waals surface area contributed by atoms with Crippen molar-refractivity contribution in [1.82, 2.24) is 0 Å². The smallest absolute Gasteiger partial charge is 0.352 e. The largest absolute Gasteiger partial charge is 0.487 e. The molecule has 0 fully saturated rings. The van der Waals surface area contributed by atoms with Gasteiger partial charge in [0.1, 0.15) is 0 Å². The number of rotatable bonds is 6. The first kappa shape index (κ1) is 18.6. The van der Waals surface area contributed by atoms with Crippen molar-refractivity contribution >= 4 is 23.3 Å². The van der Waals surface area contributed by atoms with E-state index in [9.17, 15) is 9.59 Å². The highest BCUT2D eigenvalue weighted by molar-refractivity contribution is 7.16. The molecule has 134 valence electrons. The highest BCUT2D eigenvalue weighted by atomic mass is 32.1. The lowest BCUT2D eigenvalue weighted by Crippen LogP contribution is -2.32. The second kappa shape index (κ2) is 7.88. The van der Waals surface area contributed by atoms with Crippen molar-refractivity contribution in [3.8, 4) is 11.5 Å². The van der Waals surface area contributed by atoms with Crippen LogP contribution < -0.4 is 9.47 Å². The Morgan fingerprint density at radius 2 is 1.33 bits per heavy atom. The van der Waals surface area contributed by atoms with Crippen LogP contribution in [0, 0.1) is 5.41 Å². The van der Waals surface area contributed by atoms with Gasteiger partial charge in [-0.2, -0.15) is 0 Å². The standard InChI is InChI=1S/C17H24O6S/c1-5-17(6-2)9-22-11-12(23-10-17)14(16(19)21-8-4)24-13(11)15(18)20-7-3/h5-10H2,1-4H3. The molecular weight excluding hydrogens is 332 g/mol. The molecule has 0 saturated heterocycles. The Bertz CT molecular complexity index is 556. The van der Waals surface area contributed by atoms with E-state index in [1.54, 1.807) is 13.8 Å². The SMILES string of the molecule is CCOC(=O)c1sc(C(=O)OCC)c2c1OCC(CC)(CC)CO2. The number of carbonyl (C=O) groups excluding carboxylic acids is 2. The molecule has 0 aliphatic carbocycles. The molecule has 0 bridgehead atoms. The van der Waals surface area contributed by atoms with Gasteiger partial charge in [0.2, 0.25) is 0 Å². The summed E-state index contributed by atoms with van der Waals surface area (Å²) in [7, 11) is 0. The summed E-state index contributed by atoms with van der Waals surface area (Å²) in [5.41, 5.74) is -0.144. The van der Waals surface area contributed by atoms with E-state index >= 15 is 0 Å². The zero-order chi connectivity index (χ0) is 17.7. The Hall–Kier alpha value is -1.76. The van der Waals surface area contributed by atoms with Crippen molar-refractivity contribution in [3.05, 3.63) is 9.75 Å². The van der Waals surface area contributed by atoms with Gasteiger partial charge in [0.05, 0.1) is 26.4 Å². The molecule has 1 aliphatic rings. The number of hydrogen-bond donors (Lipinski definition) is 0. The number of carbonyl (C=O) groups is 2. The zero-order valence-corrected chi connectivity index (χ0v) is 15.4. The van der Waals surface area contributed by atoms with Gasteiger partial charge in [0.15, 0.2) is 21.3 Å². The van der Waals surface area contributed by atoms with Gasteiger partial charge in [0, 0.05) is 5.41 Å². The molecule has 0 N–H and O–H groups in total. The van der Waals surface area contributed by atoms with Crippen molar-refractivity contribution in [2.24, 2.45) is 5.41 Å². The summed E-state index contributed by atoms with van der Waals surface area (Å²) in [6, 6.07) is 0. The summed E-state index contributed by atoms with van der Waals surface area (Å²) in [6.07, 6.45) is 1.75. The summed E-state index contributed by atoms with van der Waals surface area (Å²) in [5, 5.41) is 0. The monoisotopic (exact) mass is 356 g/mol. The van der Waals surface area contributed by atoms with Crippen LogP contribution in [0.5, 0.6) is 11.5 Å². The lowest BCUT2D eigenvalue weighted by atomic mass is 9.84. The second-order valence-corrected chi connectivity index (χ2v) is 6.66. The Morgan fingerprint density at radius 3 is 1.67 bits per heavy atom. The van der Waals surface area contributed by atoms with E-state index in [0.29, 0.717) is 24.7 Å². The van der Waals surface area contributed by atoms with E-state index in [-0.39, 0.29) is 28.4 Å². The molecule has 0 spiro atoms. The maximum absolute atomic E-state index is 12.2. The summed E-state index contributed by atoms with van der Waals surface area (Å²) in [4.78, 5) is 24.9. The normalized spacial score (nSPS) is 15.5. The van der Waals surface area contributed by atoms with Gasteiger partial charge in [0.25, 0.3) is 0 Å². The van der Waals surface area contributed by atoms with Crippen LogP contribution in [0.2, 0.25) is 0 Å². The Balaban J connectivity index is 2.44. The Labute approximate surface area is 146 Å². The molecule has 6 nitrogen and oxygen atoms in total. The fraction of sp³-hybridized carbons (Fsp3) is 0.647. The molecule has 7 heteroatoms. The first-order chi connectivity index (χ1) is 11.5. The molecule has 2 heterocycles. The van der Waals surface area contributed by atoms with Crippen molar-refractivity contribution < 1.29 is 28.5 Å². The fourth-order valence-corrected chi connectivity index (χ4v) is 3.45. The molecular formula is C17H24O6S. The second-order valence-electron chi connectivity index (χ2n) is 5.64. The number of thiophene rings is 1. The predicted octanol–water partition coefficient (Wildman–Crippen LogP) is 3.68. The highest BCUT2D eigenvalue weighted by Gasteiger charge is 2.38. The summed E-state index contributed by atoms with van der Waals surface area (Å²) in [6.45, 7) is 8.96. The first-order valence-corrected chi connectivity index (χ1v) is 9.10. The minimum absolute atomic E-state index is 0.144. The van der Waals surface area contributed by atoms with Gasteiger partial charge in [-0.3, -0.25) is 0 Å². The van der Waals surface area contributed by atoms with E-state index < -0.39 is 11.9 Å². The molecule has 1 aliphatic heterocycles. The van der Waals surface area contributed by atoms with Crippen LogP contribution in [0.3, 0.4) is 0 Å². The van der Waals surface area contributed by atoms with Gasteiger partial charge >= 0.3 is 11.9 Å². The predicted molar refractivity (Wildman–Crippen MR) is 90.2 cm³/mol. The molecule has 0 aromatic carbocycles. The minimum Gasteiger partial charge on any atom is -0.487 e. The zero-order valence-electron chi connectivity index (χ0n) is 14.6. The molecule has 24 heavy (non-hydrogen) atoms. The number of fused-ring (bicyclic) bond motifs is 1. The van der Waals surface area contributed by atoms with Crippen LogP contribution >= 0.6 is 11.3 Å². The Morgan fingerprint density at radius 1 is 0.917 bits per heavy atom. The van der Waals surface area contributed by atoms with Crippen molar-refractivity contribution in [3.63, 3.8) is 0 Å². The summed E-state index contributed by atoms with van der Waals surface area (Å²) >= 11 is 0.997. The van der Waals surface area contributed by atoms with Gasteiger partial charge < -0.3 is 18.9 Å². The fourth-order valence-electron chi connectivity index (χ4n) is 2.48. The van der Waals surface area contributed by atoms with Crippen LogP contribution in [0.1, 0.15) is 59.9 Å². The third kappa shape index (κ3) is 3.50. The van der Waals surface area contributed by atoms with Gasteiger partial charge in [-0.05, 0) is 26.7 Å². The quantitative estimate of drug-likeness (QED) is 0.724. The third-order valence-electron chi connectivity index (χ3n) is 4.29. The summed E-state index contributed by atoms with van der Waals surface area (Å²) in [5.74, 6) is -0.438. The van der Waals surface area contributed by atoms with Crippen LogP contribution in [-0.2, 0) is 9.47 Å². The van der Waals surface area contributed by atoms with Gasteiger partial charge in [-0.15, -0.1) is 11.3 Å². The maximum atomic E-state index is 12.2. The lowest BCUT2D eigenvalue weighted by molar-refractivity contribution is 0.0518. The Kier molecular flexibility index (Phi) is 6.10. The van der Waals surface area contributed by atoms with Crippen molar-refractivity contribution in [2.75, 3.05) is 26.4 Å². The number of ether oxygens (including phenoxy) is 4. The van der Waals surface area contributed by atoms with Crippen LogP contribution in [0.25, 0.3) is 0 Å². The van der Waals surface area contributed by atoms with Gasteiger partial charge in [-0.1, -0.05) is 13.8 Å². The van der Waals surface area contributed by atoms with E-state index in [2.05, 4.69) is 13.8 Å². The average molecular weight is 356 g/mol. The molecule has 1 aromatic rings. The third-order valence-corrected chi connectivity index (χ3v) is 5.40. The van der Waals surface area contributed by atoms with Crippen molar-refractivity contribution in [1.29, 1.82) is 0 Å². The molecule has 2 rings (SSSR count). The lowest BCUT2D eigenvalue weighted by Gasteiger charge is -2.28. The maximum Gasteiger partial charge on any atom is 0.352 e. The molecule has 0 amide bonds. The van der Waals surface area contributed by atoms with E-state index in [1.807, 2.05) is 0 Å². The molecule has 0 saturated carbocycles. The number of hydrogen-bond acceptors (Lipinski definition) is 7. The van der Waals surface area contributed by atoms with Gasteiger partial charge in [-0.25, -0.2) is 9.59 Å². The topological polar surface area (TPSA) is 71.1 Å². The van der Waals surface area contributed by atoms with Crippen molar-refractivity contribution in [2.45, 2.75) is 40.5 Å². The van der Waals surface area contributed by atoms with Crippen LogP contribution in [-0.4, -0.2) is 38.4 Å². The summed E-state index contributed by atoms with van der Waals surface area (Å²) < 4.78 is 22.0. The first-order valence-electron chi connectivity index (χ1n) is 8.28. The van der Waals surface area contributed by atoms with Crippen LogP contribution in [0.4, 0.5) is 0 Å². The molecule has 0 radical (unpaired) electrons. The molecule has 1 aromatic heterocycles. The van der Waals surface area contributed by atoms with Crippen LogP contribution in [0.15, 0.2) is 0 Å². The molecule has 0 unspecified atom stereocenters. The van der Waals surface area contributed by atoms with E-state index in [0.717, 1.165) is 24.2 Å². The number of esters is 2. The average Bonchev–Trinajstić information content (AvgIpc) is 2.84. The van der Waals surface area contributed by atoms with E-state index in [1.165, 1.54) is 0 Å². The molecule has 0 atom stereocenters. The minimum atomic E-state index is -0.515. The highest BCUT2D eigenvalue weighted by Crippen LogP contribution is 2.47.